The van der Waals surface area contributed by atoms with Gasteiger partial charge in [-0.25, -0.2) is 4.98 Å². The molecule has 0 amide bonds. The van der Waals surface area contributed by atoms with Crippen molar-refractivity contribution in [2.45, 2.75) is 6.92 Å². The Kier molecular flexibility index (Phi) is 1.58. The van der Waals surface area contributed by atoms with Crippen LogP contribution >= 0.6 is 15.9 Å². The second kappa shape index (κ2) is 2.48. The van der Waals surface area contributed by atoms with Crippen LogP contribution in [0.15, 0.2) is 21.2 Å². The highest BCUT2D eigenvalue weighted by Crippen LogP contribution is 2.29. The van der Waals surface area contributed by atoms with Gasteiger partial charge in [-0.15, -0.1) is 0 Å². The molecule has 0 aliphatic carbocycles. The summed E-state index contributed by atoms with van der Waals surface area (Å²) in [6.45, 7) is 1.88. The van der Waals surface area contributed by atoms with E-state index in [1.807, 2.05) is 13.0 Å². The van der Waals surface area contributed by atoms with Gasteiger partial charge in [-0.3, -0.25) is 0 Å². The van der Waals surface area contributed by atoms with Gasteiger partial charge in [0.15, 0.2) is 11.4 Å². The number of halogens is 1. The van der Waals surface area contributed by atoms with Crippen LogP contribution in [0.1, 0.15) is 5.76 Å². The zero-order valence-electron chi connectivity index (χ0n) is 6.47. The fraction of sp³-hybridized carbons (Fsp3) is 0.125. The molecule has 0 aliphatic heterocycles. The van der Waals surface area contributed by atoms with Crippen molar-refractivity contribution in [2.75, 3.05) is 5.73 Å². The third-order valence-electron chi connectivity index (χ3n) is 1.66. The first-order chi connectivity index (χ1) is 5.68. The van der Waals surface area contributed by atoms with Gasteiger partial charge in [0.05, 0.1) is 0 Å². The first-order valence-electron chi connectivity index (χ1n) is 3.48. The van der Waals surface area contributed by atoms with Crippen molar-refractivity contribution in [1.29, 1.82) is 0 Å². The summed E-state index contributed by atoms with van der Waals surface area (Å²) in [6.07, 6.45) is 1.67. The first-order valence-corrected chi connectivity index (χ1v) is 4.28. The molecule has 2 aromatic heterocycles. The molecule has 2 rings (SSSR count). The summed E-state index contributed by atoms with van der Waals surface area (Å²) in [7, 11) is 0. The molecule has 0 radical (unpaired) electrons. The van der Waals surface area contributed by atoms with Crippen molar-refractivity contribution >= 4 is 32.7 Å². The summed E-state index contributed by atoms with van der Waals surface area (Å²) in [6, 6.07) is 1.93. The highest BCUT2D eigenvalue weighted by atomic mass is 79.9. The van der Waals surface area contributed by atoms with Crippen molar-refractivity contribution in [3.8, 4) is 0 Å². The molecule has 0 saturated heterocycles. The lowest BCUT2D eigenvalue weighted by Crippen LogP contribution is -1.89. The van der Waals surface area contributed by atoms with E-state index in [0.29, 0.717) is 11.4 Å². The topological polar surface area (TPSA) is 52.0 Å². The fourth-order valence-corrected chi connectivity index (χ4v) is 1.53. The van der Waals surface area contributed by atoms with Gasteiger partial charge in [0.2, 0.25) is 0 Å². The van der Waals surface area contributed by atoms with Gasteiger partial charge in [-0.2, -0.15) is 0 Å². The molecule has 0 aliphatic rings. The number of rotatable bonds is 0. The Labute approximate surface area is 77.7 Å². The van der Waals surface area contributed by atoms with Gasteiger partial charge in [-0.05, 0) is 28.9 Å². The number of hydrogen-bond acceptors (Lipinski definition) is 3. The van der Waals surface area contributed by atoms with E-state index in [2.05, 4.69) is 20.9 Å². The van der Waals surface area contributed by atoms with Gasteiger partial charge in [0.1, 0.15) is 5.76 Å². The predicted molar refractivity (Wildman–Crippen MR) is 50.9 cm³/mol. The second-order valence-electron chi connectivity index (χ2n) is 2.59. The lowest BCUT2D eigenvalue weighted by atomic mass is 10.3. The number of aryl methyl sites for hydroxylation is 1. The van der Waals surface area contributed by atoms with Crippen LogP contribution in [0.4, 0.5) is 5.82 Å². The quantitative estimate of drug-likeness (QED) is 0.752. The van der Waals surface area contributed by atoms with E-state index in [0.717, 1.165) is 15.6 Å². The minimum absolute atomic E-state index is 0.432. The molecule has 2 N–H and O–H groups in total. The average Bonchev–Trinajstić information content (AvgIpc) is 2.41. The summed E-state index contributed by atoms with van der Waals surface area (Å²) in [4.78, 5) is 3.96. The normalized spacial score (nSPS) is 10.8. The maximum absolute atomic E-state index is 5.61. The molecule has 2 aromatic rings. The zero-order valence-corrected chi connectivity index (χ0v) is 8.05. The highest BCUT2D eigenvalue weighted by molar-refractivity contribution is 9.10. The smallest absolute Gasteiger partial charge is 0.177 e. The van der Waals surface area contributed by atoms with Crippen LogP contribution in [0.5, 0.6) is 0 Å². The van der Waals surface area contributed by atoms with E-state index in [1.54, 1.807) is 6.20 Å². The molecule has 0 fully saturated rings. The summed E-state index contributed by atoms with van der Waals surface area (Å²) in [5.41, 5.74) is 6.27. The van der Waals surface area contributed by atoms with Crippen molar-refractivity contribution in [1.82, 2.24) is 4.98 Å². The summed E-state index contributed by atoms with van der Waals surface area (Å²) in [5.74, 6) is 1.27. The molecule has 62 valence electrons. The molecule has 0 atom stereocenters. The fourth-order valence-electron chi connectivity index (χ4n) is 1.14. The number of anilines is 1. The summed E-state index contributed by atoms with van der Waals surface area (Å²) < 4.78 is 6.27. The third kappa shape index (κ3) is 0.992. The van der Waals surface area contributed by atoms with Gasteiger partial charge in [0, 0.05) is 16.1 Å². The van der Waals surface area contributed by atoms with Crippen LogP contribution < -0.4 is 5.73 Å². The molecule has 0 aromatic carbocycles. The Morgan fingerprint density at radius 1 is 1.58 bits per heavy atom. The van der Waals surface area contributed by atoms with Gasteiger partial charge in [-0.1, -0.05) is 0 Å². The Bertz CT molecular complexity index is 397. The number of nitrogens with two attached hydrogens (primary N) is 1. The van der Waals surface area contributed by atoms with Crippen LogP contribution in [-0.4, -0.2) is 4.98 Å². The predicted octanol–water partition coefficient (Wildman–Crippen LogP) is 2.48. The van der Waals surface area contributed by atoms with E-state index in [4.69, 9.17) is 10.2 Å². The minimum Gasteiger partial charge on any atom is -0.457 e. The van der Waals surface area contributed by atoms with Crippen molar-refractivity contribution < 1.29 is 4.42 Å². The number of nitrogen functional groups attached to an aromatic ring is 1. The van der Waals surface area contributed by atoms with Gasteiger partial charge in [0.25, 0.3) is 0 Å². The summed E-state index contributed by atoms with van der Waals surface area (Å²) >= 11 is 3.37. The van der Waals surface area contributed by atoms with E-state index in [9.17, 15) is 0 Å². The SMILES string of the molecule is Cc1cc2c(Br)cnc(N)c2o1. The van der Waals surface area contributed by atoms with Crippen molar-refractivity contribution in [3.63, 3.8) is 0 Å². The van der Waals surface area contributed by atoms with E-state index in [1.165, 1.54) is 0 Å². The molecule has 4 heteroatoms. The number of aromatic nitrogens is 1. The Morgan fingerprint density at radius 2 is 2.33 bits per heavy atom. The Balaban J connectivity index is 2.93. The lowest BCUT2D eigenvalue weighted by molar-refractivity contribution is 0.578. The van der Waals surface area contributed by atoms with E-state index >= 15 is 0 Å². The molecule has 12 heavy (non-hydrogen) atoms. The third-order valence-corrected chi connectivity index (χ3v) is 2.29. The molecule has 0 spiro atoms. The second-order valence-corrected chi connectivity index (χ2v) is 3.45. The van der Waals surface area contributed by atoms with Gasteiger partial charge < -0.3 is 10.2 Å². The van der Waals surface area contributed by atoms with Crippen LogP contribution in [0, 0.1) is 6.92 Å². The monoisotopic (exact) mass is 226 g/mol. The number of nitrogens with zero attached hydrogens (tertiary/aromatic N) is 1. The molecule has 0 saturated carbocycles. The average molecular weight is 227 g/mol. The summed E-state index contributed by atoms with van der Waals surface area (Å²) in [5, 5.41) is 0.972. The zero-order chi connectivity index (χ0) is 8.72. The number of pyridine rings is 1. The number of furan rings is 1. The maximum atomic E-state index is 5.61. The van der Waals surface area contributed by atoms with Gasteiger partial charge >= 0.3 is 0 Å². The molecular formula is C8H7BrN2O. The molecule has 0 bridgehead atoms. The molecule has 3 nitrogen and oxygen atoms in total. The van der Waals surface area contributed by atoms with Crippen LogP contribution in [0.2, 0.25) is 0 Å². The largest absolute Gasteiger partial charge is 0.457 e. The first kappa shape index (κ1) is 7.61. The van der Waals surface area contributed by atoms with Crippen LogP contribution in [-0.2, 0) is 0 Å². The van der Waals surface area contributed by atoms with Crippen LogP contribution in [0.25, 0.3) is 11.0 Å². The molecule has 0 unspecified atom stereocenters. The maximum Gasteiger partial charge on any atom is 0.177 e. The van der Waals surface area contributed by atoms with Crippen LogP contribution in [0.3, 0.4) is 0 Å². The molecule has 2 heterocycles. The minimum atomic E-state index is 0.432. The van der Waals surface area contributed by atoms with Crippen molar-refractivity contribution in [3.05, 3.63) is 22.5 Å². The Morgan fingerprint density at radius 3 is 3.00 bits per heavy atom. The number of fused-ring (bicyclic) bond motifs is 1. The Hall–Kier alpha value is -1.03. The molecular weight excluding hydrogens is 220 g/mol. The highest BCUT2D eigenvalue weighted by Gasteiger charge is 2.07. The lowest BCUT2D eigenvalue weighted by Gasteiger charge is -1.94. The van der Waals surface area contributed by atoms with E-state index < -0.39 is 0 Å². The standard InChI is InChI=1S/C8H7BrN2O/c1-4-2-5-6(9)3-11-8(10)7(5)12-4/h2-3H,1H3,(H2,10,11). The number of hydrogen-bond donors (Lipinski definition) is 1. The van der Waals surface area contributed by atoms with Crippen molar-refractivity contribution in [2.24, 2.45) is 0 Å². The van der Waals surface area contributed by atoms with E-state index in [-0.39, 0.29) is 0 Å².